The summed E-state index contributed by atoms with van der Waals surface area (Å²) in [5, 5.41) is 12.2. The van der Waals surface area contributed by atoms with Gasteiger partial charge in [-0.05, 0) is 24.3 Å². The molecule has 0 saturated carbocycles. The number of nitrogens with zero attached hydrogens (tertiary/aromatic N) is 1. The molecule has 0 atom stereocenters. The summed E-state index contributed by atoms with van der Waals surface area (Å²) in [6, 6.07) is 5.61. The number of benzene rings is 1. The number of aromatic hydroxyl groups is 1. The standard InChI is InChI=1S/C10H14N2O3S/c13-9-1-3-10(4-2-9)16(14,15)12-7-5-11-6-8-12/h1-4,11,13H,5-8H2. The van der Waals surface area contributed by atoms with Crippen molar-refractivity contribution in [1.29, 1.82) is 0 Å². The molecule has 1 aromatic carbocycles. The molecule has 0 amide bonds. The van der Waals surface area contributed by atoms with Crippen LogP contribution in [0.4, 0.5) is 0 Å². The fourth-order valence-corrected chi connectivity index (χ4v) is 3.09. The van der Waals surface area contributed by atoms with Gasteiger partial charge < -0.3 is 10.4 Å². The van der Waals surface area contributed by atoms with E-state index in [0.29, 0.717) is 26.2 Å². The Morgan fingerprint density at radius 3 is 2.25 bits per heavy atom. The topological polar surface area (TPSA) is 69.6 Å². The molecular weight excluding hydrogens is 228 g/mol. The fraction of sp³-hybridized carbons (Fsp3) is 0.400. The predicted octanol–water partition coefficient (Wildman–Crippen LogP) is -0.0139. The summed E-state index contributed by atoms with van der Waals surface area (Å²) in [6.07, 6.45) is 0. The lowest BCUT2D eigenvalue weighted by atomic mass is 10.3. The van der Waals surface area contributed by atoms with Gasteiger partial charge in [0.05, 0.1) is 4.90 Å². The average Bonchev–Trinajstić information content (AvgIpc) is 2.31. The first-order valence-electron chi connectivity index (χ1n) is 5.10. The van der Waals surface area contributed by atoms with E-state index in [9.17, 15) is 8.42 Å². The molecule has 1 aromatic rings. The van der Waals surface area contributed by atoms with E-state index in [1.807, 2.05) is 0 Å². The zero-order valence-electron chi connectivity index (χ0n) is 8.76. The van der Waals surface area contributed by atoms with Gasteiger partial charge in [0.25, 0.3) is 0 Å². The van der Waals surface area contributed by atoms with Crippen molar-refractivity contribution in [2.75, 3.05) is 26.2 Å². The van der Waals surface area contributed by atoms with Crippen LogP contribution in [0, 0.1) is 0 Å². The van der Waals surface area contributed by atoms with E-state index < -0.39 is 10.0 Å². The van der Waals surface area contributed by atoms with Crippen LogP contribution in [0.3, 0.4) is 0 Å². The van der Waals surface area contributed by atoms with Crippen molar-refractivity contribution in [2.45, 2.75) is 4.90 Å². The normalized spacial score (nSPS) is 18.5. The van der Waals surface area contributed by atoms with Crippen LogP contribution in [-0.4, -0.2) is 44.0 Å². The number of phenolic OH excluding ortho intramolecular Hbond substituents is 1. The van der Waals surface area contributed by atoms with E-state index in [2.05, 4.69) is 5.32 Å². The number of piperazine rings is 1. The Balaban J connectivity index is 2.27. The molecule has 0 aliphatic carbocycles. The zero-order chi connectivity index (χ0) is 11.6. The van der Waals surface area contributed by atoms with Crippen LogP contribution in [0.1, 0.15) is 0 Å². The van der Waals surface area contributed by atoms with Crippen molar-refractivity contribution >= 4 is 10.0 Å². The number of phenols is 1. The Kier molecular flexibility index (Phi) is 3.13. The second-order valence-electron chi connectivity index (χ2n) is 3.65. The lowest BCUT2D eigenvalue weighted by molar-refractivity contribution is 0.360. The molecule has 1 heterocycles. The van der Waals surface area contributed by atoms with Crippen molar-refractivity contribution < 1.29 is 13.5 Å². The minimum absolute atomic E-state index is 0.0688. The highest BCUT2D eigenvalue weighted by Gasteiger charge is 2.25. The number of hydrogen-bond acceptors (Lipinski definition) is 4. The van der Waals surface area contributed by atoms with E-state index in [-0.39, 0.29) is 10.6 Å². The Morgan fingerprint density at radius 1 is 1.12 bits per heavy atom. The minimum atomic E-state index is -3.40. The van der Waals surface area contributed by atoms with Gasteiger partial charge in [-0.2, -0.15) is 4.31 Å². The quantitative estimate of drug-likeness (QED) is 0.765. The Hall–Kier alpha value is -1.11. The van der Waals surface area contributed by atoms with Crippen LogP contribution < -0.4 is 5.32 Å². The highest BCUT2D eigenvalue weighted by molar-refractivity contribution is 7.89. The van der Waals surface area contributed by atoms with Crippen LogP contribution >= 0.6 is 0 Å². The SMILES string of the molecule is O=S(=O)(c1ccc(O)cc1)N1CCNCC1. The van der Waals surface area contributed by atoms with Crippen LogP contribution in [-0.2, 0) is 10.0 Å². The molecule has 2 rings (SSSR count). The van der Waals surface area contributed by atoms with Gasteiger partial charge in [-0.25, -0.2) is 8.42 Å². The Morgan fingerprint density at radius 2 is 1.69 bits per heavy atom. The second-order valence-corrected chi connectivity index (χ2v) is 5.59. The summed E-state index contributed by atoms with van der Waals surface area (Å²) in [4.78, 5) is 0.229. The molecule has 88 valence electrons. The Bertz CT molecular complexity index is 449. The van der Waals surface area contributed by atoms with E-state index in [4.69, 9.17) is 5.11 Å². The highest BCUT2D eigenvalue weighted by Crippen LogP contribution is 2.18. The summed E-state index contributed by atoms with van der Waals surface area (Å²) in [5.74, 6) is 0.0688. The third-order valence-electron chi connectivity index (χ3n) is 2.55. The monoisotopic (exact) mass is 242 g/mol. The van der Waals surface area contributed by atoms with Gasteiger partial charge >= 0.3 is 0 Å². The molecule has 1 aliphatic rings. The fourth-order valence-electron chi connectivity index (χ4n) is 1.65. The summed E-state index contributed by atoms with van der Waals surface area (Å²) in [5.41, 5.74) is 0. The summed E-state index contributed by atoms with van der Waals surface area (Å²) >= 11 is 0. The van der Waals surface area contributed by atoms with E-state index in [0.717, 1.165) is 0 Å². The molecule has 0 bridgehead atoms. The first-order chi connectivity index (χ1) is 7.60. The maximum atomic E-state index is 12.1. The van der Waals surface area contributed by atoms with Gasteiger partial charge in [0.15, 0.2) is 0 Å². The van der Waals surface area contributed by atoms with Crippen molar-refractivity contribution in [1.82, 2.24) is 9.62 Å². The third kappa shape index (κ3) is 2.18. The first kappa shape index (κ1) is 11.4. The van der Waals surface area contributed by atoms with E-state index >= 15 is 0 Å². The van der Waals surface area contributed by atoms with Gasteiger partial charge in [-0.3, -0.25) is 0 Å². The summed E-state index contributed by atoms with van der Waals surface area (Å²) < 4.78 is 25.7. The first-order valence-corrected chi connectivity index (χ1v) is 6.54. The maximum absolute atomic E-state index is 12.1. The molecule has 1 fully saturated rings. The highest BCUT2D eigenvalue weighted by atomic mass is 32.2. The van der Waals surface area contributed by atoms with Gasteiger partial charge in [-0.1, -0.05) is 0 Å². The van der Waals surface area contributed by atoms with Crippen molar-refractivity contribution in [3.8, 4) is 5.75 Å². The maximum Gasteiger partial charge on any atom is 0.243 e. The van der Waals surface area contributed by atoms with E-state index in [1.54, 1.807) is 0 Å². The zero-order valence-corrected chi connectivity index (χ0v) is 9.57. The number of rotatable bonds is 2. The van der Waals surface area contributed by atoms with E-state index in [1.165, 1.54) is 28.6 Å². The molecule has 0 aromatic heterocycles. The van der Waals surface area contributed by atoms with Crippen molar-refractivity contribution in [3.63, 3.8) is 0 Å². The lowest BCUT2D eigenvalue weighted by Crippen LogP contribution is -2.46. The third-order valence-corrected chi connectivity index (χ3v) is 4.46. The Labute approximate surface area is 94.8 Å². The summed E-state index contributed by atoms with van der Waals surface area (Å²) in [7, 11) is -3.40. The molecule has 0 spiro atoms. The largest absolute Gasteiger partial charge is 0.508 e. The minimum Gasteiger partial charge on any atom is -0.508 e. The lowest BCUT2D eigenvalue weighted by Gasteiger charge is -2.26. The number of hydrogen-bond donors (Lipinski definition) is 2. The molecule has 16 heavy (non-hydrogen) atoms. The van der Waals surface area contributed by atoms with Crippen LogP contribution in [0.15, 0.2) is 29.2 Å². The molecule has 0 unspecified atom stereocenters. The molecule has 6 heteroatoms. The average molecular weight is 242 g/mol. The predicted molar refractivity (Wildman–Crippen MR) is 59.7 cm³/mol. The smallest absolute Gasteiger partial charge is 0.243 e. The van der Waals surface area contributed by atoms with Crippen LogP contribution in [0.2, 0.25) is 0 Å². The molecule has 0 radical (unpaired) electrons. The molecule has 5 nitrogen and oxygen atoms in total. The van der Waals surface area contributed by atoms with Crippen LogP contribution in [0.25, 0.3) is 0 Å². The van der Waals surface area contributed by atoms with Gasteiger partial charge in [0, 0.05) is 26.2 Å². The van der Waals surface area contributed by atoms with Crippen molar-refractivity contribution in [2.24, 2.45) is 0 Å². The number of nitrogens with one attached hydrogen (secondary N) is 1. The molecule has 2 N–H and O–H groups in total. The molecular formula is C10H14N2O3S. The second kappa shape index (κ2) is 4.40. The van der Waals surface area contributed by atoms with Gasteiger partial charge in [0.2, 0.25) is 10.0 Å². The van der Waals surface area contributed by atoms with Gasteiger partial charge in [-0.15, -0.1) is 0 Å². The summed E-state index contributed by atoms with van der Waals surface area (Å²) in [6.45, 7) is 2.33. The molecule has 1 aliphatic heterocycles. The molecule has 1 saturated heterocycles. The number of sulfonamides is 1. The van der Waals surface area contributed by atoms with Crippen molar-refractivity contribution in [3.05, 3.63) is 24.3 Å². The van der Waals surface area contributed by atoms with Crippen LogP contribution in [0.5, 0.6) is 5.75 Å². The van der Waals surface area contributed by atoms with Gasteiger partial charge in [0.1, 0.15) is 5.75 Å².